The van der Waals surface area contributed by atoms with E-state index in [1.165, 1.54) is 5.56 Å². The van der Waals surface area contributed by atoms with Crippen molar-refractivity contribution in [3.05, 3.63) is 75.7 Å². The van der Waals surface area contributed by atoms with Gasteiger partial charge in [-0.2, -0.15) is 0 Å². The first kappa shape index (κ1) is 16.7. The number of carbonyl (C=O) groups is 1. The standard InChI is InChI=1S/C21H18ClN3O/c1-21(2)11-12-4-6-15(23-3)10-16(12)19(21)25-20(26)18-9-13-8-14(22)5-7-17(13)24-18/h4-10,19,24H,11H2,1-2H3,(H,25,26)/t19-/m0/s1. The molecule has 5 heteroatoms. The van der Waals surface area contributed by atoms with Gasteiger partial charge in [0, 0.05) is 15.9 Å². The van der Waals surface area contributed by atoms with Crippen molar-refractivity contribution in [1.29, 1.82) is 0 Å². The maximum Gasteiger partial charge on any atom is 0.268 e. The number of nitrogens with one attached hydrogen (secondary N) is 2. The van der Waals surface area contributed by atoms with Gasteiger partial charge >= 0.3 is 0 Å². The van der Waals surface area contributed by atoms with E-state index >= 15 is 0 Å². The molecule has 0 aliphatic heterocycles. The zero-order chi connectivity index (χ0) is 18.5. The number of hydrogen-bond donors (Lipinski definition) is 2. The van der Waals surface area contributed by atoms with E-state index in [1.807, 2.05) is 36.4 Å². The van der Waals surface area contributed by atoms with E-state index in [9.17, 15) is 4.79 Å². The molecule has 130 valence electrons. The van der Waals surface area contributed by atoms with E-state index in [1.54, 1.807) is 6.07 Å². The molecule has 3 aromatic rings. The molecule has 1 atom stereocenters. The Balaban J connectivity index is 1.67. The summed E-state index contributed by atoms with van der Waals surface area (Å²) < 4.78 is 0. The number of halogens is 1. The maximum atomic E-state index is 12.9. The molecule has 0 unspecified atom stereocenters. The average molecular weight is 364 g/mol. The monoisotopic (exact) mass is 363 g/mol. The number of hydrogen-bond acceptors (Lipinski definition) is 1. The van der Waals surface area contributed by atoms with Crippen molar-refractivity contribution in [2.75, 3.05) is 0 Å². The van der Waals surface area contributed by atoms with Gasteiger partial charge in [-0.05, 0) is 47.2 Å². The quantitative estimate of drug-likeness (QED) is 0.586. The third-order valence-corrected chi connectivity index (χ3v) is 5.34. The summed E-state index contributed by atoms with van der Waals surface area (Å²) in [6.45, 7) is 11.5. The first-order valence-corrected chi connectivity index (χ1v) is 8.84. The molecule has 1 aliphatic rings. The third-order valence-electron chi connectivity index (χ3n) is 5.10. The van der Waals surface area contributed by atoms with Gasteiger partial charge in [0.25, 0.3) is 5.91 Å². The summed E-state index contributed by atoms with van der Waals surface area (Å²) >= 11 is 6.03. The Labute approximate surface area is 157 Å². The van der Waals surface area contributed by atoms with Crippen molar-refractivity contribution in [1.82, 2.24) is 10.3 Å². The minimum Gasteiger partial charge on any atom is -0.351 e. The number of benzene rings is 2. The van der Waals surface area contributed by atoms with E-state index in [0.29, 0.717) is 16.4 Å². The summed E-state index contributed by atoms with van der Waals surface area (Å²) in [5.41, 5.74) is 4.09. The van der Waals surface area contributed by atoms with Gasteiger partial charge < -0.3 is 10.3 Å². The van der Waals surface area contributed by atoms with Crippen LogP contribution in [0.5, 0.6) is 0 Å². The van der Waals surface area contributed by atoms with E-state index in [2.05, 4.69) is 29.0 Å². The molecular weight excluding hydrogens is 346 g/mol. The second kappa shape index (κ2) is 5.89. The van der Waals surface area contributed by atoms with Crippen LogP contribution in [0, 0.1) is 12.0 Å². The van der Waals surface area contributed by atoms with Crippen molar-refractivity contribution in [2.24, 2.45) is 5.41 Å². The highest BCUT2D eigenvalue weighted by molar-refractivity contribution is 6.31. The molecule has 26 heavy (non-hydrogen) atoms. The fourth-order valence-electron chi connectivity index (χ4n) is 3.80. The third kappa shape index (κ3) is 2.75. The Morgan fingerprint density at radius 2 is 2.08 bits per heavy atom. The van der Waals surface area contributed by atoms with Crippen molar-refractivity contribution in [2.45, 2.75) is 26.3 Å². The van der Waals surface area contributed by atoms with Gasteiger partial charge in [0.05, 0.1) is 12.6 Å². The zero-order valence-electron chi connectivity index (χ0n) is 14.6. The fraction of sp³-hybridized carbons (Fsp3) is 0.238. The lowest BCUT2D eigenvalue weighted by Gasteiger charge is -2.28. The Morgan fingerprint density at radius 3 is 2.85 bits per heavy atom. The zero-order valence-corrected chi connectivity index (χ0v) is 15.3. The predicted molar refractivity (Wildman–Crippen MR) is 104 cm³/mol. The number of fused-ring (bicyclic) bond motifs is 2. The minimum atomic E-state index is -0.156. The fourth-order valence-corrected chi connectivity index (χ4v) is 3.98. The van der Waals surface area contributed by atoms with Crippen molar-refractivity contribution >= 4 is 34.1 Å². The summed E-state index contributed by atoms with van der Waals surface area (Å²) in [6, 6.07) is 12.9. The molecule has 1 aromatic heterocycles. The summed E-state index contributed by atoms with van der Waals surface area (Å²) in [5.74, 6) is -0.156. The van der Waals surface area contributed by atoms with Gasteiger partial charge in [0.1, 0.15) is 5.69 Å². The van der Waals surface area contributed by atoms with E-state index in [-0.39, 0.29) is 17.4 Å². The Hall–Kier alpha value is -2.77. The highest BCUT2D eigenvalue weighted by atomic mass is 35.5. The smallest absolute Gasteiger partial charge is 0.268 e. The van der Waals surface area contributed by atoms with Gasteiger partial charge in [-0.15, -0.1) is 0 Å². The van der Waals surface area contributed by atoms with Crippen LogP contribution < -0.4 is 5.32 Å². The molecule has 1 heterocycles. The van der Waals surface area contributed by atoms with E-state index < -0.39 is 0 Å². The lowest BCUT2D eigenvalue weighted by Crippen LogP contribution is -2.35. The first-order valence-electron chi connectivity index (χ1n) is 8.47. The number of carbonyl (C=O) groups excluding carboxylic acids is 1. The molecule has 4 rings (SSSR count). The molecule has 1 amide bonds. The molecular formula is C21H18ClN3O. The summed E-state index contributed by atoms with van der Waals surface area (Å²) in [7, 11) is 0. The molecule has 4 nitrogen and oxygen atoms in total. The molecule has 0 saturated heterocycles. The number of aromatic amines is 1. The molecule has 2 N–H and O–H groups in total. The van der Waals surface area contributed by atoms with Gasteiger partial charge in [0.2, 0.25) is 0 Å². The van der Waals surface area contributed by atoms with Crippen LogP contribution in [0.4, 0.5) is 5.69 Å². The van der Waals surface area contributed by atoms with Crippen LogP contribution in [0.3, 0.4) is 0 Å². The van der Waals surface area contributed by atoms with Gasteiger partial charge in [-0.3, -0.25) is 4.79 Å². The molecule has 0 bridgehead atoms. The first-order chi connectivity index (χ1) is 12.4. The Morgan fingerprint density at radius 1 is 1.27 bits per heavy atom. The van der Waals surface area contributed by atoms with Gasteiger partial charge in [-0.25, -0.2) is 4.85 Å². The van der Waals surface area contributed by atoms with Crippen LogP contribution >= 0.6 is 11.6 Å². The van der Waals surface area contributed by atoms with Gasteiger partial charge in [0.15, 0.2) is 5.69 Å². The maximum absolute atomic E-state index is 12.9. The van der Waals surface area contributed by atoms with Crippen LogP contribution in [-0.2, 0) is 6.42 Å². The Kier molecular flexibility index (Phi) is 3.78. The number of nitrogens with zero attached hydrogens (tertiary/aromatic N) is 1. The van der Waals surface area contributed by atoms with Crippen molar-refractivity contribution in [3.63, 3.8) is 0 Å². The van der Waals surface area contributed by atoms with E-state index in [4.69, 9.17) is 18.2 Å². The van der Waals surface area contributed by atoms with E-state index in [0.717, 1.165) is 22.9 Å². The van der Waals surface area contributed by atoms with Crippen molar-refractivity contribution in [3.8, 4) is 0 Å². The van der Waals surface area contributed by atoms with Gasteiger partial charge in [-0.1, -0.05) is 43.6 Å². The molecule has 2 aromatic carbocycles. The minimum absolute atomic E-state index is 0.117. The summed E-state index contributed by atoms with van der Waals surface area (Å²) in [5, 5.41) is 4.71. The lowest BCUT2D eigenvalue weighted by molar-refractivity contribution is 0.0899. The molecule has 0 spiro atoms. The summed E-state index contributed by atoms with van der Waals surface area (Å²) in [6.07, 6.45) is 0.869. The molecule has 1 aliphatic carbocycles. The Bertz CT molecular complexity index is 1070. The molecule has 0 saturated carbocycles. The highest BCUT2D eigenvalue weighted by Crippen LogP contribution is 2.46. The molecule has 0 radical (unpaired) electrons. The van der Waals surface area contributed by atoms with Crippen LogP contribution in [0.1, 0.15) is 41.5 Å². The number of amides is 1. The summed E-state index contributed by atoms with van der Waals surface area (Å²) in [4.78, 5) is 19.5. The number of aromatic nitrogens is 1. The van der Waals surface area contributed by atoms with Crippen LogP contribution in [0.25, 0.3) is 15.7 Å². The average Bonchev–Trinajstić information content (AvgIpc) is 3.12. The number of rotatable bonds is 2. The largest absolute Gasteiger partial charge is 0.351 e. The predicted octanol–water partition coefficient (Wildman–Crippen LogP) is 5.43. The highest BCUT2D eigenvalue weighted by Gasteiger charge is 2.40. The lowest BCUT2D eigenvalue weighted by atomic mass is 9.85. The SMILES string of the molecule is [C-]#[N+]c1ccc2c(c1)[C@H](NC(=O)c1cc3cc(Cl)ccc3[nH]1)C(C)(C)C2. The van der Waals surface area contributed by atoms with Crippen LogP contribution in [0.2, 0.25) is 5.02 Å². The van der Waals surface area contributed by atoms with Crippen LogP contribution in [-0.4, -0.2) is 10.9 Å². The van der Waals surface area contributed by atoms with Crippen LogP contribution in [0.15, 0.2) is 42.5 Å². The van der Waals surface area contributed by atoms with Crippen molar-refractivity contribution < 1.29 is 4.79 Å². The second-order valence-corrected chi connectivity index (χ2v) is 7.92. The second-order valence-electron chi connectivity index (χ2n) is 7.48. The number of H-pyrrole nitrogens is 1. The topological polar surface area (TPSA) is 49.2 Å². The normalized spacial score (nSPS) is 17.7. The molecule has 0 fully saturated rings.